The van der Waals surface area contributed by atoms with E-state index < -0.39 is 16.1 Å². The topological polar surface area (TPSA) is 79.3 Å². The summed E-state index contributed by atoms with van der Waals surface area (Å²) in [6.45, 7) is 0. The first-order valence-corrected chi connectivity index (χ1v) is 8.14. The van der Waals surface area contributed by atoms with Crippen molar-refractivity contribution in [2.24, 2.45) is 0 Å². The molecule has 8 heteroatoms. The number of nitrogens with one attached hydrogen (secondary N) is 1. The fourth-order valence-corrected chi connectivity index (χ4v) is 3.70. The zero-order valence-corrected chi connectivity index (χ0v) is 12.3. The number of aliphatic hydroxyl groups is 1. The molecule has 2 unspecified atom stereocenters. The van der Waals surface area contributed by atoms with Gasteiger partial charge in [-0.1, -0.05) is 23.2 Å². The molecule has 1 aliphatic carbocycles. The largest absolute Gasteiger partial charge is 0.393 e. The molecule has 2 atom stereocenters. The van der Waals surface area contributed by atoms with E-state index >= 15 is 0 Å². The summed E-state index contributed by atoms with van der Waals surface area (Å²) in [5.74, 6) is 0. The minimum absolute atomic E-state index is 0.0260. The number of pyridine rings is 1. The first kappa shape index (κ1) is 15.0. The Morgan fingerprint density at radius 2 is 2.11 bits per heavy atom. The molecular formula is C11H14Cl2N2O3S. The van der Waals surface area contributed by atoms with Gasteiger partial charge < -0.3 is 5.11 Å². The van der Waals surface area contributed by atoms with Gasteiger partial charge in [0.05, 0.1) is 11.1 Å². The number of aromatic nitrogens is 1. The fourth-order valence-electron chi connectivity index (χ4n) is 2.11. The number of aliphatic hydroxyl groups excluding tert-OH is 1. The van der Waals surface area contributed by atoms with Crippen LogP contribution in [0.3, 0.4) is 0 Å². The van der Waals surface area contributed by atoms with Crippen molar-refractivity contribution in [1.82, 2.24) is 9.71 Å². The van der Waals surface area contributed by atoms with Crippen molar-refractivity contribution in [2.75, 3.05) is 0 Å². The molecule has 0 radical (unpaired) electrons. The smallest absolute Gasteiger partial charge is 0.242 e. The van der Waals surface area contributed by atoms with Crippen LogP contribution in [-0.2, 0) is 10.0 Å². The molecule has 2 rings (SSSR count). The normalized spacial score (nSPS) is 24.4. The van der Waals surface area contributed by atoms with Crippen molar-refractivity contribution in [2.45, 2.75) is 42.7 Å². The highest BCUT2D eigenvalue weighted by atomic mass is 35.5. The summed E-state index contributed by atoms with van der Waals surface area (Å²) >= 11 is 11.4. The van der Waals surface area contributed by atoms with Gasteiger partial charge in [0.25, 0.3) is 0 Å². The molecule has 1 heterocycles. The van der Waals surface area contributed by atoms with E-state index in [0.29, 0.717) is 19.3 Å². The predicted molar refractivity (Wildman–Crippen MR) is 72.8 cm³/mol. The molecule has 0 saturated heterocycles. The standard InChI is InChI=1S/C11H14Cl2N2O3S/c12-10-5-9(6-14-11(10)13)19(17,18)15-7-2-1-3-8(16)4-7/h5-8,15-16H,1-4H2. The lowest BCUT2D eigenvalue weighted by Crippen LogP contribution is -2.39. The lowest BCUT2D eigenvalue weighted by atomic mass is 9.94. The molecule has 2 N–H and O–H groups in total. The highest BCUT2D eigenvalue weighted by Gasteiger charge is 2.26. The molecular weight excluding hydrogens is 311 g/mol. The Morgan fingerprint density at radius 1 is 1.37 bits per heavy atom. The first-order chi connectivity index (χ1) is 8.88. The van der Waals surface area contributed by atoms with Crippen LogP contribution in [0.5, 0.6) is 0 Å². The van der Waals surface area contributed by atoms with Crippen LogP contribution in [0, 0.1) is 0 Å². The summed E-state index contributed by atoms with van der Waals surface area (Å²) in [5.41, 5.74) is 0. The molecule has 0 spiro atoms. The summed E-state index contributed by atoms with van der Waals surface area (Å²) < 4.78 is 26.8. The lowest BCUT2D eigenvalue weighted by molar-refractivity contribution is 0.117. The summed E-state index contributed by atoms with van der Waals surface area (Å²) in [4.78, 5) is 3.69. The van der Waals surface area contributed by atoms with Crippen molar-refractivity contribution in [3.63, 3.8) is 0 Å². The molecule has 1 fully saturated rings. The molecule has 0 amide bonds. The number of hydrogen-bond acceptors (Lipinski definition) is 4. The van der Waals surface area contributed by atoms with E-state index in [-0.39, 0.29) is 21.1 Å². The Bertz CT molecular complexity index is 565. The molecule has 5 nitrogen and oxygen atoms in total. The van der Waals surface area contributed by atoms with E-state index in [0.717, 1.165) is 12.6 Å². The molecule has 0 bridgehead atoms. The number of hydrogen-bond donors (Lipinski definition) is 2. The van der Waals surface area contributed by atoms with Crippen molar-refractivity contribution < 1.29 is 13.5 Å². The number of rotatable bonds is 3. The van der Waals surface area contributed by atoms with Crippen LogP contribution in [0.25, 0.3) is 0 Å². The highest BCUT2D eigenvalue weighted by molar-refractivity contribution is 7.89. The van der Waals surface area contributed by atoms with Gasteiger partial charge in [0, 0.05) is 12.2 Å². The third kappa shape index (κ3) is 3.79. The van der Waals surface area contributed by atoms with Gasteiger partial charge in [-0.25, -0.2) is 18.1 Å². The van der Waals surface area contributed by atoms with Gasteiger partial charge in [-0.05, 0) is 31.7 Å². The van der Waals surface area contributed by atoms with Crippen LogP contribution in [0.15, 0.2) is 17.2 Å². The van der Waals surface area contributed by atoms with Gasteiger partial charge in [-0.3, -0.25) is 0 Å². The van der Waals surface area contributed by atoms with Gasteiger partial charge in [0.2, 0.25) is 10.0 Å². The van der Waals surface area contributed by atoms with E-state index in [1.165, 1.54) is 6.07 Å². The van der Waals surface area contributed by atoms with Crippen LogP contribution < -0.4 is 4.72 Å². The second-order valence-corrected chi connectivity index (χ2v) is 7.06. The lowest BCUT2D eigenvalue weighted by Gasteiger charge is -2.26. The van der Waals surface area contributed by atoms with Gasteiger partial charge >= 0.3 is 0 Å². The molecule has 1 aliphatic rings. The van der Waals surface area contributed by atoms with Gasteiger partial charge in [0.15, 0.2) is 0 Å². The van der Waals surface area contributed by atoms with Crippen molar-refractivity contribution in [3.05, 3.63) is 22.4 Å². The maximum atomic E-state index is 12.1. The first-order valence-electron chi connectivity index (χ1n) is 5.90. The SMILES string of the molecule is O=S(=O)(NC1CCCC(O)C1)c1cnc(Cl)c(Cl)c1. The zero-order chi connectivity index (χ0) is 14.0. The van der Waals surface area contributed by atoms with Crippen LogP contribution in [-0.4, -0.2) is 30.7 Å². The van der Waals surface area contributed by atoms with Crippen molar-refractivity contribution >= 4 is 33.2 Å². The van der Waals surface area contributed by atoms with Gasteiger partial charge in [-0.2, -0.15) is 0 Å². The molecule has 106 valence electrons. The van der Waals surface area contributed by atoms with Gasteiger partial charge in [0.1, 0.15) is 10.0 Å². The molecule has 1 aromatic rings. The molecule has 0 aliphatic heterocycles. The second-order valence-electron chi connectivity index (χ2n) is 4.58. The quantitative estimate of drug-likeness (QED) is 0.833. The van der Waals surface area contributed by atoms with Crippen molar-refractivity contribution in [1.29, 1.82) is 0 Å². The summed E-state index contributed by atoms with van der Waals surface area (Å²) in [7, 11) is -3.69. The Hall–Kier alpha value is -0.400. The van der Waals surface area contributed by atoms with E-state index in [1.807, 2.05) is 0 Å². The Morgan fingerprint density at radius 3 is 2.74 bits per heavy atom. The molecule has 1 aromatic heterocycles. The van der Waals surface area contributed by atoms with E-state index in [1.54, 1.807) is 0 Å². The van der Waals surface area contributed by atoms with E-state index in [4.69, 9.17) is 23.2 Å². The third-order valence-electron chi connectivity index (χ3n) is 3.05. The van der Waals surface area contributed by atoms with Crippen molar-refractivity contribution in [3.8, 4) is 0 Å². The number of halogens is 2. The minimum atomic E-state index is -3.69. The van der Waals surface area contributed by atoms with Crippen LogP contribution in [0.2, 0.25) is 10.2 Å². The highest BCUT2D eigenvalue weighted by Crippen LogP contribution is 2.24. The molecule has 0 aromatic carbocycles. The Kier molecular flexibility index (Phi) is 4.68. The summed E-state index contributed by atoms with van der Waals surface area (Å²) in [5, 5.41) is 9.70. The number of nitrogens with zero attached hydrogens (tertiary/aromatic N) is 1. The predicted octanol–water partition coefficient (Wildman–Crippen LogP) is 1.97. The summed E-state index contributed by atoms with van der Waals surface area (Å²) in [6.07, 6.45) is 3.36. The van der Waals surface area contributed by atoms with Crippen LogP contribution in [0.1, 0.15) is 25.7 Å². The van der Waals surface area contributed by atoms with Crippen LogP contribution in [0.4, 0.5) is 0 Å². The molecule has 19 heavy (non-hydrogen) atoms. The van der Waals surface area contributed by atoms with E-state index in [2.05, 4.69) is 9.71 Å². The Labute approximate surface area is 122 Å². The average Bonchev–Trinajstić information content (AvgIpc) is 2.32. The Balaban J connectivity index is 2.15. The summed E-state index contributed by atoms with van der Waals surface area (Å²) in [6, 6.07) is 1.00. The fraction of sp³-hybridized carbons (Fsp3) is 0.545. The maximum Gasteiger partial charge on any atom is 0.242 e. The monoisotopic (exact) mass is 324 g/mol. The average molecular weight is 325 g/mol. The minimum Gasteiger partial charge on any atom is -0.393 e. The molecule has 1 saturated carbocycles. The number of sulfonamides is 1. The van der Waals surface area contributed by atoms with Gasteiger partial charge in [-0.15, -0.1) is 0 Å². The van der Waals surface area contributed by atoms with Crippen LogP contribution >= 0.6 is 23.2 Å². The van der Waals surface area contributed by atoms with E-state index in [9.17, 15) is 13.5 Å². The maximum absolute atomic E-state index is 12.1. The zero-order valence-electron chi connectivity index (χ0n) is 10.0. The third-order valence-corrected chi connectivity index (χ3v) is 5.22. The second kappa shape index (κ2) is 5.93.